The highest BCUT2D eigenvalue weighted by atomic mass is 79.9. The maximum atomic E-state index is 13.7. The van der Waals surface area contributed by atoms with Crippen LogP contribution < -0.4 is 5.32 Å². The minimum absolute atomic E-state index is 0.155. The van der Waals surface area contributed by atoms with Crippen LogP contribution in [-0.2, 0) is 4.79 Å². The van der Waals surface area contributed by atoms with Gasteiger partial charge in [-0.25, -0.2) is 4.39 Å². The van der Waals surface area contributed by atoms with Gasteiger partial charge in [-0.15, -0.1) is 0 Å². The van der Waals surface area contributed by atoms with Crippen molar-refractivity contribution in [1.82, 2.24) is 5.32 Å². The zero-order valence-corrected chi connectivity index (χ0v) is 9.17. The van der Waals surface area contributed by atoms with E-state index >= 15 is 0 Å². The van der Waals surface area contributed by atoms with Gasteiger partial charge in [-0.1, -0.05) is 0 Å². The second-order valence-electron chi connectivity index (χ2n) is 3.28. The van der Waals surface area contributed by atoms with E-state index in [0.717, 1.165) is 0 Å². The molecule has 0 aromatic heterocycles. The van der Waals surface area contributed by atoms with Gasteiger partial charge in [-0.3, -0.25) is 4.79 Å². The highest BCUT2D eigenvalue weighted by Crippen LogP contribution is 2.29. The van der Waals surface area contributed by atoms with E-state index in [1.807, 2.05) is 0 Å². The van der Waals surface area contributed by atoms with Crippen LogP contribution in [-0.4, -0.2) is 18.7 Å². The quantitative estimate of drug-likeness (QED) is 0.789. The third-order valence-electron chi connectivity index (χ3n) is 2.39. The van der Waals surface area contributed by atoms with Crippen LogP contribution in [0.5, 0.6) is 0 Å². The summed E-state index contributed by atoms with van der Waals surface area (Å²) in [6.07, 6.45) is 0.647. The van der Waals surface area contributed by atoms with Crippen LogP contribution >= 0.6 is 15.9 Å². The Kier molecular flexibility index (Phi) is 2.56. The standard InChI is InChI=1S/C10H7BrFNO2/c11-7-2-1-6-8(9(7)12)5(4-14)3-13-10(6)15/h1-2,4-5H,3H2,(H,13,15). The lowest BCUT2D eigenvalue weighted by Gasteiger charge is -2.22. The van der Waals surface area contributed by atoms with Crippen LogP contribution in [0.15, 0.2) is 16.6 Å². The molecule has 0 saturated heterocycles. The van der Waals surface area contributed by atoms with Gasteiger partial charge in [0, 0.05) is 17.7 Å². The number of fused-ring (bicyclic) bond motifs is 1. The molecule has 15 heavy (non-hydrogen) atoms. The average Bonchev–Trinajstić information content (AvgIpc) is 2.24. The second-order valence-corrected chi connectivity index (χ2v) is 4.13. The monoisotopic (exact) mass is 271 g/mol. The summed E-state index contributed by atoms with van der Waals surface area (Å²) in [6.45, 7) is 0.155. The zero-order valence-electron chi connectivity index (χ0n) is 7.59. The molecule has 3 nitrogen and oxygen atoms in total. The minimum atomic E-state index is -0.602. The van der Waals surface area contributed by atoms with E-state index in [9.17, 15) is 14.0 Å². The van der Waals surface area contributed by atoms with Gasteiger partial charge >= 0.3 is 0 Å². The fourth-order valence-corrected chi connectivity index (χ4v) is 1.99. The number of halogens is 2. The Morgan fingerprint density at radius 2 is 2.27 bits per heavy atom. The van der Waals surface area contributed by atoms with Gasteiger partial charge in [-0.05, 0) is 28.1 Å². The van der Waals surface area contributed by atoms with E-state index in [4.69, 9.17) is 0 Å². The Morgan fingerprint density at radius 1 is 1.53 bits per heavy atom. The normalized spacial score (nSPS) is 19.3. The van der Waals surface area contributed by atoms with Gasteiger partial charge in [0.05, 0.1) is 10.4 Å². The Labute approximate surface area is 93.8 Å². The summed E-state index contributed by atoms with van der Waals surface area (Å²) in [5.74, 6) is -1.47. The predicted octanol–water partition coefficient (Wildman–Crippen LogP) is 1.61. The molecule has 1 aromatic rings. The van der Waals surface area contributed by atoms with Crippen molar-refractivity contribution in [2.24, 2.45) is 0 Å². The maximum Gasteiger partial charge on any atom is 0.251 e. The molecular weight excluding hydrogens is 265 g/mol. The Morgan fingerprint density at radius 3 is 2.93 bits per heavy atom. The summed E-state index contributed by atoms with van der Waals surface area (Å²) in [4.78, 5) is 22.2. The van der Waals surface area contributed by atoms with Crippen LogP contribution in [0.2, 0.25) is 0 Å². The number of rotatable bonds is 1. The molecule has 1 N–H and O–H groups in total. The zero-order chi connectivity index (χ0) is 11.0. The second kappa shape index (κ2) is 3.73. The van der Waals surface area contributed by atoms with Gasteiger partial charge < -0.3 is 10.1 Å². The number of hydrogen-bond acceptors (Lipinski definition) is 2. The molecule has 0 aliphatic carbocycles. The molecule has 1 aliphatic heterocycles. The van der Waals surface area contributed by atoms with Crippen molar-refractivity contribution in [3.05, 3.63) is 33.5 Å². The molecule has 0 spiro atoms. The van der Waals surface area contributed by atoms with Crippen molar-refractivity contribution in [2.75, 3.05) is 6.54 Å². The molecule has 2 rings (SSSR count). The third kappa shape index (κ3) is 1.56. The van der Waals surface area contributed by atoms with Gasteiger partial charge in [0.15, 0.2) is 0 Å². The summed E-state index contributed by atoms with van der Waals surface area (Å²) in [5, 5.41) is 2.53. The van der Waals surface area contributed by atoms with E-state index in [0.29, 0.717) is 6.29 Å². The molecule has 1 aliphatic rings. The Balaban J connectivity index is 2.67. The molecule has 1 heterocycles. The molecule has 1 unspecified atom stereocenters. The highest BCUT2D eigenvalue weighted by molar-refractivity contribution is 9.10. The van der Waals surface area contributed by atoms with E-state index in [1.54, 1.807) is 0 Å². The molecule has 0 saturated carbocycles. The molecule has 1 amide bonds. The number of hydrogen-bond donors (Lipinski definition) is 1. The number of aldehydes is 1. The summed E-state index contributed by atoms with van der Waals surface area (Å²) in [7, 11) is 0. The van der Waals surface area contributed by atoms with Crippen molar-refractivity contribution < 1.29 is 14.0 Å². The maximum absolute atomic E-state index is 13.7. The van der Waals surface area contributed by atoms with Crippen molar-refractivity contribution in [3.63, 3.8) is 0 Å². The van der Waals surface area contributed by atoms with Crippen LogP contribution in [0.4, 0.5) is 4.39 Å². The first-order chi connectivity index (χ1) is 7.15. The number of amides is 1. The highest BCUT2D eigenvalue weighted by Gasteiger charge is 2.28. The van der Waals surface area contributed by atoms with Crippen LogP contribution in [0, 0.1) is 5.82 Å². The summed E-state index contributed by atoms with van der Waals surface area (Å²) >= 11 is 3.03. The van der Waals surface area contributed by atoms with Gasteiger partial charge in [0.25, 0.3) is 5.91 Å². The molecule has 5 heteroatoms. The van der Waals surface area contributed by atoms with Crippen LogP contribution in [0.3, 0.4) is 0 Å². The fourth-order valence-electron chi connectivity index (χ4n) is 1.64. The van der Waals surface area contributed by atoms with Crippen molar-refractivity contribution >= 4 is 28.1 Å². The van der Waals surface area contributed by atoms with Crippen molar-refractivity contribution in [1.29, 1.82) is 0 Å². The largest absolute Gasteiger partial charge is 0.351 e. The predicted molar refractivity (Wildman–Crippen MR) is 55.2 cm³/mol. The van der Waals surface area contributed by atoms with E-state index in [2.05, 4.69) is 21.2 Å². The van der Waals surface area contributed by atoms with Gasteiger partial charge in [-0.2, -0.15) is 0 Å². The van der Waals surface area contributed by atoms with Gasteiger partial charge in [0.2, 0.25) is 0 Å². The first-order valence-electron chi connectivity index (χ1n) is 4.36. The lowest BCUT2D eigenvalue weighted by molar-refractivity contribution is -0.109. The fraction of sp³-hybridized carbons (Fsp3) is 0.200. The van der Waals surface area contributed by atoms with E-state index in [1.165, 1.54) is 12.1 Å². The van der Waals surface area contributed by atoms with Crippen molar-refractivity contribution in [2.45, 2.75) is 5.92 Å². The number of benzene rings is 1. The van der Waals surface area contributed by atoms with E-state index < -0.39 is 11.7 Å². The molecular formula is C10H7BrFNO2. The number of carbonyl (C=O) groups excluding carboxylic acids is 2. The first-order valence-corrected chi connectivity index (χ1v) is 5.16. The minimum Gasteiger partial charge on any atom is -0.351 e. The van der Waals surface area contributed by atoms with Crippen molar-refractivity contribution in [3.8, 4) is 0 Å². The SMILES string of the molecule is O=CC1CNC(=O)c2ccc(Br)c(F)c21. The first kappa shape index (κ1) is 10.3. The summed E-state index contributed by atoms with van der Waals surface area (Å²) < 4.78 is 14.0. The topological polar surface area (TPSA) is 46.2 Å². The number of nitrogens with one attached hydrogen (secondary N) is 1. The lowest BCUT2D eigenvalue weighted by atomic mass is 9.91. The smallest absolute Gasteiger partial charge is 0.251 e. The van der Waals surface area contributed by atoms with E-state index in [-0.39, 0.29) is 28.1 Å². The molecule has 1 atom stereocenters. The van der Waals surface area contributed by atoms with Crippen LogP contribution in [0.25, 0.3) is 0 Å². The molecule has 0 fully saturated rings. The Hall–Kier alpha value is -1.23. The van der Waals surface area contributed by atoms with Gasteiger partial charge in [0.1, 0.15) is 12.1 Å². The lowest BCUT2D eigenvalue weighted by Crippen LogP contribution is -2.36. The number of carbonyl (C=O) groups is 2. The molecule has 0 bridgehead atoms. The summed E-state index contributed by atoms with van der Waals surface area (Å²) in [5.41, 5.74) is 0.419. The molecule has 0 radical (unpaired) electrons. The Bertz CT molecular complexity index is 447. The van der Waals surface area contributed by atoms with Crippen LogP contribution in [0.1, 0.15) is 21.8 Å². The molecule has 1 aromatic carbocycles. The molecule has 78 valence electrons. The average molecular weight is 272 g/mol. The summed E-state index contributed by atoms with van der Waals surface area (Å²) in [6, 6.07) is 2.97. The third-order valence-corrected chi connectivity index (χ3v) is 3.01.